The maximum atomic E-state index is 13.4. The molecule has 1 N–H and O–H groups in total. The summed E-state index contributed by atoms with van der Waals surface area (Å²) in [6.45, 7) is 4.68. The SMILES string of the molecule is CC1(C)CCCC1NCc1c(F)cccc1F. The lowest BCUT2D eigenvalue weighted by Crippen LogP contribution is -2.37. The van der Waals surface area contributed by atoms with Gasteiger partial charge in [0, 0.05) is 18.2 Å². The normalized spacial score (nSPS) is 22.9. The van der Waals surface area contributed by atoms with Crippen molar-refractivity contribution in [3.63, 3.8) is 0 Å². The van der Waals surface area contributed by atoms with Gasteiger partial charge in [-0.3, -0.25) is 0 Å². The van der Waals surface area contributed by atoms with Crippen LogP contribution in [0.25, 0.3) is 0 Å². The molecule has 94 valence electrons. The van der Waals surface area contributed by atoms with E-state index in [9.17, 15) is 8.78 Å². The summed E-state index contributed by atoms with van der Waals surface area (Å²) in [4.78, 5) is 0. The highest BCUT2D eigenvalue weighted by molar-refractivity contribution is 5.19. The van der Waals surface area contributed by atoms with Crippen LogP contribution >= 0.6 is 0 Å². The van der Waals surface area contributed by atoms with E-state index >= 15 is 0 Å². The predicted octanol–water partition coefficient (Wildman–Crippen LogP) is 3.63. The highest BCUT2D eigenvalue weighted by atomic mass is 19.1. The molecular weight excluding hydrogens is 220 g/mol. The second-order valence-corrected chi connectivity index (χ2v) is 5.51. The quantitative estimate of drug-likeness (QED) is 0.849. The van der Waals surface area contributed by atoms with Crippen molar-refractivity contribution in [2.75, 3.05) is 0 Å². The minimum absolute atomic E-state index is 0.148. The summed E-state index contributed by atoms with van der Waals surface area (Å²) in [5.41, 5.74) is 0.372. The molecule has 0 aromatic heterocycles. The lowest BCUT2D eigenvalue weighted by atomic mass is 9.87. The number of halogens is 2. The maximum Gasteiger partial charge on any atom is 0.130 e. The number of benzene rings is 1. The summed E-state index contributed by atoms with van der Waals surface area (Å²) in [6.07, 6.45) is 3.44. The molecule has 3 heteroatoms. The van der Waals surface area contributed by atoms with E-state index in [1.54, 1.807) is 0 Å². The Labute approximate surface area is 101 Å². The topological polar surface area (TPSA) is 12.0 Å². The second kappa shape index (κ2) is 4.73. The van der Waals surface area contributed by atoms with E-state index in [0.717, 1.165) is 6.42 Å². The molecule has 1 fully saturated rings. The Balaban J connectivity index is 2.03. The van der Waals surface area contributed by atoms with E-state index in [-0.39, 0.29) is 17.5 Å². The van der Waals surface area contributed by atoms with Gasteiger partial charge < -0.3 is 5.32 Å². The molecule has 1 aromatic carbocycles. The van der Waals surface area contributed by atoms with Crippen molar-refractivity contribution in [2.24, 2.45) is 5.41 Å². The van der Waals surface area contributed by atoms with Crippen LogP contribution in [0.2, 0.25) is 0 Å². The Morgan fingerprint density at radius 2 is 1.94 bits per heavy atom. The highest BCUT2D eigenvalue weighted by Crippen LogP contribution is 2.37. The number of nitrogens with one attached hydrogen (secondary N) is 1. The molecule has 2 rings (SSSR count). The van der Waals surface area contributed by atoms with Crippen LogP contribution in [-0.4, -0.2) is 6.04 Å². The zero-order valence-corrected chi connectivity index (χ0v) is 10.4. The average Bonchev–Trinajstić information content (AvgIpc) is 2.57. The molecular formula is C14H19F2N. The first-order valence-electron chi connectivity index (χ1n) is 6.17. The molecule has 0 radical (unpaired) electrons. The fourth-order valence-electron chi connectivity index (χ4n) is 2.63. The predicted molar refractivity (Wildman–Crippen MR) is 64.6 cm³/mol. The summed E-state index contributed by atoms with van der Waals surface area (Å²) in [5.74, 6) is -0.929. The van der Waals surface area contributed by atoms with Crippen LogP contribution in [0.3, 0.4) is 0 Å². The molecule has 17 heavy (non-hydrogen) atoms. The lowest BCUT2D eigenvalue weighted by molar-refractivity contribution is 0.280. The van der Waals surface area contributed by atoms with E-state index in [2.05, 4.69) is 19.2 Å². The molecule has 1 nitrogen and oxygen atoms in total. The van der Waals surface area contributed by atoms with Gasteiger partial charge in [-0.1, -0.05) is 26.3 Å². The number of hydrogen-bond donors (Lipinski definition) is 1. The van der Waals surface area contributed by atoms with Gasteiger partial charge in [-0.2, -0.15) is 0 Å². The van der Waals surface area contributed by atoms with Gasteiger partial charge in [-0.25, -0.2) is 8.78 Å². The molecule has 0 saturated heterocycles. The minimum atomic E-state index is -0.465. The molecule has 1 saturated carbocycles. The first-order valence-corrected chi connectivity index (χ1v) is 6.17. The van der Waals surface area contributed by atoms with Gasteiger partial charge in [0.2, 0.25) is 0 Å². The molecule has 1 unspecified atom stereocenters. The van der Waals surface area contributed by atoms with E-state index in [0.29, 0.717) is 6.04 Å². The molecule has 0 aliphatic heterocycles. The van der Waals surface area contributed by atoms with Crippen molar-refractivity contribution in [1.29, 1.82) is 0 Å². The summed E-state index contributed by atoms with van der Waals surface area (Å²) < 4.78 is 26.9. The zero-order valence-electron chi connectivity index (χ0n) is 10.4. The van der Waals surface area contributed by atoms with Gasteiger partial charge in [0.05, 0.1) is 0 Å². The molecule has 0 heterocycles. The van der Waals surface area contributed by atoms with Crippen molar-refractivity contribution >= 4 is 0 Å². The monoisotopic (exact) mass is 239 g/mol. The van der Waals surface area contributed by atoms with Crippen molar-refractivity contribution in [3.8, 4) is 0 Å². The summed E-state index contributed by atoms with van der Waals surface area (Å²) in [6, 6.07) is 4.36. The Hall–Kier alpha value is -0.960. The highest BCUT2D eigenvalue weighted by Gasteiger charge is 2.34. The van der Waals surface area contributed by atoms with Crippen molar-refractivity contribution in [1.82, 2.24) is 5.32 Å². The minimum Gasteiger partial charge on any atom is -0.309 e. The van der Waals surface area contributed by atoms with Gasteiger partial charge in [0.15, 0.2) is 0 Å². The summed E-state index contributed by atoms with van der Waals surface area (Å²) in [7, 11) is 0. The summed E-state index contributed by atoms with van der Waals surface area (Å²) >= 11 is 0. The average molecular weight is 239 g/mol. The molecule has 0 amide bonds. The van der Waals surface area contributed by atoms with Crippen LogP contribution < -0.4 is 5.32 Å². The van der Waals surface area contributed by atoms with E-state index in [1.165, 1.54) is 31.0 Å². The summed E-state index contributed by atoms with van der Waals surface area (Å²) in [5, 5.41) is 3.29. The first-order chi connectivity index (χ1) is 8.00. The van der Waals surface area contributed by atoms with Crippen molar-refractivity contribution in [3.05, 3.63) is 35.4 Å². The lowest BCUT2D eigenvalue weighted by Gasteiger charge is -2.28. The van der Waals surface area contributed by atoms with Crippen LogP contribution in [-0.2, 0) is 6.54 Å². The third-order valence-corrected chi connectivity index (χ3v) is 3.84. The van der Waals surface area contributed by atoms with E-state index in [4.69, 9.17) is 0 Å². The Morgan fingerprint density at radius 3 is 2.47 bits per heavy atom. The fraction of sp³-hybridized carbons (Fsp3) is 0.571. The standard InChI is InChI=1S/C14H19F2N/c1-14(2)8-4-7-13(14)17-9-10-11(15)5-3-6-12(10)16/h3,5-6,13,17H,4,7-9H2,1-2H3. The Bertz CT molecular complexity index is 381. The van der Waals surface area contributed by atoms with Gasteiger partial charge in [0.1, 0.15) is 11.6 Å². The van der Waals surface area contributed by atoms with E-state index in [1.807, 2.05) is 0 Å². The first kappa shape index (κ1) is 12.5. The van der Waals surface area contributed by atoms with Gasteiger partial charge in [-0.15, -0.1) is 0 Å². The number of rotatable bonds is 3. The van der Waals surface area contributed by atoms with Gasteiger partial charge in [0.25, 0.3) is 0 Å². The van der Waals surface area contributed by atoms with E-state index < -0.39 is 11.6 Å². The number of hydrogen-bond acceptors (Lipinski definition) is 1. The third-order valence-electron chi connectivity index (χ3n) is 3.84. The maximum absolute atomic E-state index is 13.4. The molecule has 1 aliphatic rings. The van der Waals surface area contributed by atoms with Crippen LogP contribution in [0.15, 0.2) is 18.2 Å². The van der Waals surface area contributed by atoms with Crippen molar-refractivity contribution in [2.45, 2.75) is 45.7 Å². The molecule has 1 aromatic rings. The fourth-order valence-corrected chi connectivity index (χ4v) is 2.63. The third kappa shape index (κ3) is 2.65. The Kier molecular flexibility index (Phi) is 3.48. The van der Waals surface area contributed by atoms with Crippen LogP contribution in [0.5, 0.6) is 0 Å². The van der Waals surface area contributed by atoms with Gasteiger partial charge >= 0.3 is 0 Å². The van der Waals surface area contributed by atoms with Gasteiger partial charge in [-0.05, 0) is 30.4 Å². The largest absolute Gasteiger partial charge is 0.309 e. The Morgan fingerprint density at radius 1 is 1.29 bits per heavy atom. The molecule has 0 spiro atoms. The van der Waals surface area contributed by atoms with Crippen LogP contribution in [0.1, 0.15) is 38.7 Å². The zero-order chi connectivity index (χ0) is 12.5. The molecule has 1 atom stereocenters. The molecule has 1 aliphatic carbocycles. The second-order valence-electron chi connectivity index (χ2n) is 5.51. The molecule has 0 bridgehead atoms. The van der Waals surface area contributed by atoms with Crippen LogP contribution in [0.4, 0.5) is 8.78 Å². The van der Waals surface area contributed by atoms with Crippen molar-refractivity contribution < 1.29 is 8.78 Å². The smallest absolute Gasteiger partial charge is 0.130 e. The van der Waals surface area contributed by atoms with Crippen LogP contribution in [0, 0.1) is 17.0 Å².